The predicted octanol–water partition coefficient (Wildman–Crippen LogP) is 2.41. The van der Waals surface area contributed by atoms with E-state index in [0.29, 0.717) is 5.69 Å². The van der Waals surface area contributed by atoms with E-state index >= 15 is 0 Å². The van der Waals surface area contributed by atoms with Crippen molar-refractivity contribution in [2.45, 2.75) is 31.8 Å². The van der Waals surface area contributed by atoms with E-state index in [1.165, 1.54) is 12.1 Å². The average molecular weight is 340 g/mol. The molecule has 6 heteroatoms. The van der Waals surface area contributed by atoms with Crippen LogP contribution in [0.3, 0.4) is 0 Å². The molecule has 0 unspecified atom stereocenters. The molecule has 2 aliphatic heterocycles. The molecule has 1 atom stereocenters. The summed E-state index contributed by atoms with van der Waals surface area (Å²) >= 11 is 0. The number of benzene rings is 1. The maximum Gasteiger partial charge on any atom is 0.274 e. The van der Waals surface area contributed by atoms with Crippen LogP contribution >= 0.6 is 0 Å². The standard InChI is InChI=1S/C19H21FN4O/c1-14-10-22-17(11-21-14)18(25)23-8-6-19(13-23)7-9-24(19)12-15-2-4-16(20)5-3-15/h2-5,10-11H,6-9,12-13H2,1H3/t19-/m1/s1. The van der Waals surface area contributed by atoms with Crippen molar-refractivity contribution in [3.8, 4) is 0 Å². The minimum Gasteiger partial charge on any atom is -0.335 e. The normalized spacial score (nSPS) is 23.0. The van der Waals surface area contributed by atoms with Crippen molar-refractivity contribution >= 4 is 5.91 Å². The summed E-state index contributed by atoms with van der Waals surface area (Å²) in [6, 6.07) is 6.67. The van der Waals surface area contributed by atoms with Crippen LogP contribution in [0, 0.1) is 12.7 Å². The summed E-state index contributed by atoms with van der Waals surface area (Å²) in [5.41, 5.74) is 2.38. The minimum atomic E-state index is -0.209. The lowest BCUT2D eigenvalue weighted by Gasteiger charge is -2.50. The summed E-state index contributed by atoms with van der Waals surface area (Å²) in [7, 11) is 0. The van der Waals surface area contributed by atoms with Gasteiger partial charge in [0.2, 0.25) is 0 Å². The quantitative estimate of drug-likeness (QED) is 0.861. The fraction of sp³-hybridized carbons (Fsp3) is 0.421. The first-order chi connectivity index (χ1) is 12.1. The third kappa shape index (κ3) is 3.02. The van der Waals surface area contributed by atoms with Gasteiger partial charge in [0.15, 0.2) is 0 Å². The second-order valence-electron chi connectivity index (χ2n) is 7.04. The van der Waals surface area contributed by atoms with Crippen LogP contribution in [0.15, 0.2) is 36.7 Å². The fourth-order valence-corrected chi connectivity index (χ4v) is 3.80. The number of nitrogens with zero attached hydrogens (tertiary/aromatic N) is 4. The Balaban J connectivity index is 1.43. The van der Waals surface area contributed by atoms with Crippen molar-refractivity contribution in [2.24, 2.45) is 0 Å². The van der Waals surface area contributed by atoms with Gasteiger partial charge in [-0.3, -0.25) is 14.7 Å². The molecule has 0 saturated carbocycles. The monoisotopic (exact) mass is 340 g/mol. The summed E-state index contributed by atoms with van der Waals surface area (Å²) in [6.07, 6.45) is 5.25. The van der Waals surface area contributed by atoms with Gasteiger partial charge in [-0.25, -0.2) is 9.37 Å². The van der Waals surface area contributed by atoms with Gasteiger partial charge in [-0.15, -0.1) is 0 Å². The molecule has 0 radical (unpaired) electrons. The highest BCUT2D eigenvalue weighted by atomic mass is 19.1. The molecule has 0 bridgehead atoms. The molecular formula is C19H21FN4O. The average Bonchev–Trinajstić information content (AvgIpc) is 3.08. The third-order valence-corrected chi connectivity index (χ3v) is 5.42. The number of carbonyl (C=O) groups is 1. The maximum absolute atomic E-state index is 13.1. The van der Waals surface area contributed by atoms with E-state index in [2.05, 4.69) is 14.9 Å². The van der Waals surface area contributed by atoms with Gasteiger partial charge in [-0.05, 0) is 37.5 Å². The van der Waals surface area contributed by atoms with Crippen molar-refractivity contribution in [3.05, 3.63) is 59.4 Å². The van der Waals surface area contributed by atoms with Gasteiger partial charge in [0.25, 0.3) is 5.91 Å². The van der Waals surface area contributed by atoms with Crippen LogP contribution in [0.4, 0.5) is 4.39 Å². The van der Waals surface area contributed by atoms with Gasteiger partial charge in [0, 0.05) is 37.9 Å². The summed E-state index contributed by atoms with van der Waals surface area (Å²) in [5, 5.41) is 0. The molecule has 0 aliphatic carbocycles. The Morgan fingerprint density at radius 1 is 1.16 bits per heavy atom. The smallest absolute Gasteiger partial charge is 0.274 e. The molecular weight excluding hydrogens is 319 g/mol. The van der Waals surface area contributed by atoms with Crippen molar-refractivity contribution in [1.82, 2.24) is 19.8 Å². The maximum atomic E-state index is 13.1. The summed E-state index contributed by atoms with van der Waals surface area (Å²) in [5.74, 6) is -0.253. The van der Waals surface area contributed by atoms with Crippen LogP contribution in [-0.2, 0) is 6.54 Å². The molecule has 25 heavy (non-hydrogen) atoms. The van der Waals surface area contributed by atoms with Crippen molar-refractivity contribution in [3.63, 3.8) is 0 Å². The van der Waals surface area contributed by atoms with Gasteiger partial charge in [-0.2, -0.15) is 0 Å². The lowest BCUT2D eigenvalue weighted by molar-refractivity contribution is -0.0131. The van der Waals surface area contributed by atoms with Gasteiger partial charge in [0.05, 0.1) is 11.9 Å². The lowest BCUT2D eigenvalue weighted by atomic mass is 9.83. The molecule has 2 aromatic rings. The number of hydrogen-bond donors (Lipinski definition) is 0. The molecule has 1 amide bonds. The molecule has 3 heterocycles. The van der Waals surface area contributed by atoms with Gasteiger partial charge in [-0.1, -0.05) is 12.1 Å². The fourth-order valence-electron chi connectivity index (χ4n) is 3.80. The summed E-state index contributed by atoms with van der Waals surface area (Å²) < 4.78 is 13.1. The number of likely N-dealkylation sites (tertiary alicyclic amines) is 2. The van der Waals surface area contributed by atoms with Crippen molar-refractivity contribution in [2.75, 3.05) is 19.6 Å². The van der Waals surface area contributed by atoms with E-state index in [9.17, 15) is 9.18 Å². The predicted molar refractivity (Wildman–Crippen MR) is 91.4 cm³/mol. The molecule has 2 fully saturated rings. The molecule has 1 aromatic carbocycles. The largest absolute Gasteiger partial charge is 0.335 e. The van der Waals surface area contributed by atoms with E-state index in [0.717, 1.165) is 50.3 Å². The van der Waals surface area contributed by atoms with Crippen LogP contribution in [0.25, 0.3) is 0 Å². The number of hydrogen-bond acceptors (Lipinski definition) is 4. The van der Waals surface area contributed by atoms with E-state index in [4.69, 9.17) is 0 Å². The Bertz CT molecular complexity index is 777. The van der Waals surface area contributed by atoms with E-state index in [-0.39, 0.29) is 17.3 Å². The van der Waals surface area contributed by atoms with Crippen LogP contribution in [0.2, 0.25) is 0 Å². The first-order valence-electron chi connectivity index (χ1n) is 8.63. The molecule has 2 saturated heterocycles. The third-order valence-electron chi connectivity index (χ3n) is 5.42. The Labute approximate surface area is 146 Å². The van der Waals surface area contributed by atoms with E-state index in [1.807, 2.05) is 24.0 Å². The highest BCUT2D eigenvalue weighted by Gasteiger charge is 2.50. The Hall–Kier alpha value is -2.34. The van der Waals surface area contributed by atoms with Crippen molar-refractivity contribution in [1.29, 1.82) is 0 Å². The molecule has 1 aromatic heterocycles. The molecule has 1 spiro atoms. The molecule has 5 nitrogen and oxygen atoms in total. The highest BCUT2D eigenvalue weighted by Crippen LogP contribution is 2.40. The highest BCUT2D eigenvalue weighted by molar-refractivity contribution is 5.92. The van der Waals surface area contributed by atoms with Crippen LogP contribution < -0.4 is 0 Å². The first kappa shape index (κ1) is 16.1. The zero-order valence-electron chi connectivity index (χ0n) is 14.3. The minimum absolute atomic E-state index is 0.0435. The molecule has 0 N–H and O–H groups in total. The summed E-state index contributed by atoms with van der Waals surface area (Å²) in [4.78, 5) is 25.3. The zero-order valence-corrected chi connectivity index (χ0v) is 14.3. The zero-order chi connectivity index (χ0) is 17.4. The van der Waals surface area contributed by atoms with Gasteiger partial charge >= 0.3 is 0 Å². The van der Waals surface area contributed by atoms with Crippen LogP contribution in [0.1, 0.15) is 34.6 Å². The SMILES string of the molecule is Cc1cnc(C(=O)N2CC[C@@]3(CCN3Cc3ccc(F)cc3)C2)cn1. The van der Waals surface area contributed by atoms with Crippen LogP contribution in [-0.4, -0.2) is 50.8 Å². The summed E-state index contributed by atoms with van der Waals surface area (Å²) in [6.45, 7) is 5.14. The Morgan fingerprint density at radius 3 is 2.56 bits per heavy atom. The van der Waals surface area contributed by atoms with Gasteiger partial charge < -0.3 is 4.90 Å². The number of aromatic nitrogens is 2. The number of carbonyl (C=O) groups excluding carboxylic acids is 1. The number of halogens is 1. The second-order valence-corrected chi connectivity index (χ2v) is 7.04. The van der Waals surface area contributed by atoms with Crippen molar-refractivity contribution < 1.29 is 9.18 Å². The van der Waals surface area contributed by atoms with Gasteiger partial charge in [0.1, 0.15) is 11.5 Å². The Kier molecular flexibility index (Phi) is 4.00. The molecule has 2 aliphatic rings. The van der Waals surface area contributed by atoms with E-state index < -0.39 is 0 Å². The Morgan fingerprint density at radius 2 is 1.92 bits per heavy atom. The first-order valence-corrected chi connectivity index (χ1v) is 8.63. The van der Waals surface area contributed by atoms with E-state index in [1.54, 1.807) is 12.4 Å². The number of aryl methyl sites for hydroxylation is 1. The lowest BCUT2D eigenvalue weighted by Crippen LogP contribution is -2.60. The molecule has 130 valence electrons. The molecule has 4 rings (SSSR count). The number of rotatable bonds is 3. The second kappa shape index (κ2) is 6.19. The topological polar surface area (TPSA) is 49.3 Å². The number of amides is 1. The van der Waals surface area contributed by atoms with Crippen LogP contribution in [0.5, 0.6) is 0 Å².